The zero-order chi connectivity index (χ0) is 10.6. The van der Waals surface area contributed by atoms with Crippen molar-refractivity contribution in [3.05, 3.63) is 0 Å². The van der Waals surface area contributed by atoms with E-state index in [0.717, 1.165) is 32.5 Å². The zero-order valence-electron chi connectivity index (χ0n) is 9.11. The van der Waals surface area contributed by atoms with Gasteiger partial charge in [0.05, 0.1) is 0 Å². The summed E-state index contributed by atoms with van der Waals surface area (Å²) in [6, 6.07) is 0. The monoisotopic (exact) mass is 245 g/mol. The minimum atomic E-state index is 0.0136. The van der Waals surface area contributed by atoms with Crippen LogP contribution < -0.4 is 0 Å². The maximum Gasteiger partial charge on any atom is 0.127 e. The normalized spacial score (nSPS) is 27.5. The van der Waals surface area contributed by atoms with Crippen molar-refractivity contribution in [2.45, 2.75) is 25.7 Å². The number of hydrogen-bond acceptors (Lipinski definition) is 4. The SMILES string of the molecule is O=CC1(CN2CCSSCC2)CCCC1. The third-order valence-electron chi connectivity index (χ3n) is 3.45. The Kier molecular flexibility index (Phi) is 4.40. The quantitative estimate of drug-likeness (QED) is 0.562. The maximum atomic E-state index is 11.3. The Balaban J connectivity index is 1.90. The standard InChI is InChI=1S/C11H19NOS2/c13-10-11(3-1-2-4-11)9-12-5-7-14-15-8-6-12/h10H,1-9H2. The van der Waals surface area contributed by atoms with E-state index in [1.165, 1.54) is 30.6 Å². The fourth-order valence-electron chi connectivity index (χ4n) is 2.56. The molecule has 0 aromatic heterocycles. The number of carbonyl (C=O) groups excluding carboxylic acids is 1. The van der Waals surface area contributed by atoms with Gasteiger partial charge in [-0.3, -0.25) is 0 Å². The Labute approximate surface area is 99.9 Å². The van der Waals surface area contributed by atoms with Crippen LogP contribution in [0.3, 0.4) is 0 Å². The fraction of sp³-hybridized carbons (Fsp3) is 0.909. The van der Waals surface area contributed by atoms with Crippen LogP contribution in [0.15, 0.2) is 0 Å². The van der Waals surface area contributed by atoms with Crippen molar-refractivity contribution in [1.82, 2.24) is 4.90 Å². The van der Waals surface area contributed by atoms with Crippen molar-refractivity contribution in [2.75, 3.05) is 31.1 Å². The van der Waals surface area contributed by atoms with E-state index in [4.69, 9.17) is 0 Å². The molecule has 0 aromatic carbocycles. The van der Waals surface area contributed by atoms with E-state index in [0.29, 0.717) is 0 Å². The fourth-order valence-corrected chi connectivity index (χ4v) is 4.61. The average Bonchev–Trinajstić information content (AvgIpc) is 2.57. The van der Waals surface area contributed by atoms with Crippen molar-refractivity contribution in [3.63, 3.8) is 0 Å². The van der Waals surface area contributed by atoms with E-state index >= 15 is 0 Å². The topological polar surface area (TPSA) is 20.3 Å². The lowest BCUT2D eigenvalue weighted by Crippen LogP contribution is -2.39. The number of hydrogen-bond donors (Lipinski definition) is 0. The third-order valence-corrected chi connectivity index (χ3v) is 5.82. The molecule has 15 heavy (non-hydrogen) atoms. The Hall–Kier alpha value is 0.330. The number of rotatable bonds is 3. The molecule has 2 aliphatic rings. The summed E-state index contributed by atoms with van der Waals surface area (Å²) in [5, 5.41) is 0. The lowest BCUT2D eigenvalue weighted by molar-refractivity contribution is -0.116. The maximum absolute atomic E-state index is 11.3. The van der Waals surface area contributed by atoms with E-state index in [1.54, 1.807) is 0 Å². The second kappa shape index (κ2) is 5.60. The van der Waals surface area contributed by atoms with E-state index < -0.39 is 0 Å². The summed E-state index contributed by atoms with van der Waals surface area (Å²) < 4.78 is 0. The summed E-state index contributed by atoms with van der Waals surface area (Å²) in [6.45, 7) is 3.33. The van der Waals surface area contributed by atoms with Crippen LogP contribution in [0.5, 0.6) is 0 Å². The summed E-state index contributed by atoms with van der Waals surface area (Å²) in [5.74, 6) is 2.42. The Morgan fingerprint density at radius 1 is 1.13 bits per heavy atom. The van der Waals surface area contributed by atoms with Gasteiger partial charge in [0, 0.05) is 36.6 Å². The molecule has 2 nitrogen and oxygen atoms in total. The lowest BCUT2D eigenvalue weighted by Gasteiger charge is -2.29. The number of aldehydes is 1. The first-order valence-corrected chi connectivity index (χ1v) is 8.27. The molecule has 0 unspecified atom stereocenters. The summed E-state index contributed by atoms with van der Waals surface area (Å²) >= 11 is 0. The smallest absolute Gasteiger partial charge is 0.127 e. The molecule has 1 heterocycles. The molecule has 1 saturated heterocycles. The molecule has 4 heteroatoms. The van der Waals surface area contributed by atoms with Crippen molar-refractivity contribution in [1.29, 1.82) is 0 Å². The minimum Gasteiger partial charge on any atom is -0.303 e. The molecule has 2 rings (SSSR count). The van der Waals surface area contributed by atoms with Gasteiger partial charge in [-0.15, -0.1) is 0 Å². The van der Waals surface area contributed by atoms with Gasteiger partial charge in [0.15, 0.2) is 0 Å². The Bertz CT molecular complexity index is 209. The molecule has 0 bridgehead atoms. The van der Waals surface area contributed by atoms with Gasteiger partial charge in [0.1, 0.15) is 6.29 Å². The van der Waals surface area contributed by atoms with E-state index in [1.807, 2.05) is 21.6 Å². The molecule has 86 valence electrons. The Morgan fingerprint density at radius 2 is 1.73 bits per heavy atom. The molecule has 2 fully saturated rings. The van der Waals surface area contributed by atoms with Gasteiger partial charge in [-0.25, -0.2) is 0 Å². The number of carbonyl (C=O) groups is 1. The summed E-state index contributed by atoms with van der Waals surface area (Å²) in [4.78, 5) is 13.7. The van der Waals surface area contributed by atoms with Crippen molar-refractivity contribution < 1.29 is 4.79 Å². The number of nitrogens with zero attached hydrogens (tertiary/aromatic N) is 1. The van der Waals surface area contributed by atoms with Crippen LogP contribution in [0, 0.1) is 5.41 Å². The highest BCUT2D eigenvalue weighted by molar-refractivity contribution is 8.76. The highest BCUT2D eigenvalue weighted by Crippen LogP contribution is 2.37. The minimum absolute atomic E-state index is 0.0136. The molecule has 0 radical (unpaired) electrons. The van der Waals surface area contributed by atoms with Crippen molar-refractivity contribution >= 4 is 27.9 Å². The summed E-state index contributed by atoms with van der Waals surface area (Å²) in [6.07, 6.45) is 5.97. The first kappa shape index (κ1) is 11.8. The van der Waals surface area contributed by atoms with Gasteiger partial charge in [-0.1, -0.05) is 34.4 Å². The van der Waals surface area contributed by atoms with Gasteiger partial charge in [-0.05, 0) is 12.8 Å². The Morgan fingerprint density at radius 3 is 2.27 bits per heavy atom. The first-order chi connectivity index (χ1) is 7.35. The molecule has 0 atom stereocenters. The molecule has 0 aromatic rings. The van der Waals surface area contributed by atoms with Crippen LogP contribution in [0.2, 0.25) is 0 Å². The van der Waals surface area contributed by atoms with Crippen LogP contribution in [0.1, 0.15) is 25.7 Å². The lowest BCUT2D eigenvalue weighted by atomic mass is 9.87. The van der Waals surface area contributed by atoms with Crippen LogP contribution in [0.4, 0.5) is 0 Å². The van der Waals surface area contributed by atoms with Crippen LogP contribution in [-0.2, 0) is 4.79 Å². The summed E-state index contributed by atoms with van der Waals surface area (Å²) in [5.41, 5.74) is 0.0136. The molecule has 0 N–H and O–H groups in total. The van der Waals surface area contributed by atoms with Gasteiger partial charge < -0.3 is 9.69 Å². The van der Waals surface area contributed by atoms with Gasteiger partial charge >= 0.3 is 0 Å². The van der Waals surface area contributed by atoms with Crippen LogP contribution >= 0.6 is 21.6 Å². The molecule has 0 amide bonds. The predicted octanol–water partition coefficient (Wildman–Crippen LogP) is 2.44. The van der Waals surface area contributed by atoms with E-state index in [9.17, 15) is 4.79 Å². The second-order valence-corrected chi connectivity index (χ2v) is 7.31. The van der Waals surface area contributed by atoms with Gasteiger partial charge in [0.2, 0.25) is 0 Å². The zero-order valence-corrected chi connectivity index (χ0v) is 10.7. The first-order valence-electron chi connectivity index (χ1n) is 5.78. The molecule has 0 spiro atoms. The molecule has 1 aliphatic carbocycles. The molecule has 1 saturated carbocycles. The highest BCUT2D eigenvalue weighted by atomic mass is 33.1. The average molecular weight is 245 g/mol. The summed E-state index contributed by atoms with van der Waals surface area (Å²) in [7, 11) is 3.94. The largest absolute Gasteiger partial charge is 0.303 e. The highest BCUT2D eigenvalue weighted by Gasteiger charge is 2.35. The third kappa shape index (κ3) is 3.14. The predicted molar refractivity (Wildman–Crippen MR) is 68.3 cm³/mol. The van der Waals surface area contributed by atoms with Gasteiger partial charge in [-0.2, -0.15) is 0 Å². The van der Waals surface area contributed by atoms with E-state index in [2.05, 4.69) is 4.90 Å². The van der Waals surface area contributed by atoms with Crippen LogP contribution in [0.25, 0.3) is 0 Å². The van der Waals surface area contributed by atoms with Gasteiger partial charge in [0.25, 0.3) is 0 Å². The van der Waals surface area contributed by atoms with Crippen molar-refractivity contribution in [3.8, 4) is 0 Å². The van der Waals surface area contributed by atoms with E-state index in [-0.39, 0.29) is 5.41 Å². The molecular formula is C11H19NOS2. The molecule has 1 aliphatic heterocycles. The van der Waals surface area contributed by atoms with Crippen molar-refractivity contribution in [2.24, 2.45) is 5.41 Å². The second-order valence-electron chi connectivity index (χ2n) is 4.61. The molecular weight excluding hydrogens is 226 g/mol. The van der Waals surface area contributed by atoms with Crippen LogP contribution in [-0.4, -0.2) is 42.3 Å².